The minimum absolute atomic E-state index is 0.197. The molecule has 3 aromatic rings. The number of amides is 1. The maximum atomic E-state index is 13.4. The van der Waals surface area contributed by atoms with E-state index >= 15 is 0 Å². The molecule has 1 fully saturated rings. The van der Waals surface area contributed by atoms with Gasteiger partial charge in [0, 0.05) is 18.8 Å². The zero-order chi connectivity index (χ0) is 21.4. The molecule has 1 saturated heterocycles. The SMILES string of the molecule is Cc1cc(C)c2c(=O)n(CC(=O)N3CCC[C@@H](C)C3)c(=O)n(-c3ccccc3)c2n1. The first-order chi connectivity index (χ1) is 14.4. The number of carbonyl (C=O) groups is 1. The Morgan fingerprint density at radius 1 is 1.17 bits per heavy atom. The van der Waals surface area contributed by atoms with E-state index < -0.39 is 11.2 Å². The van der Waals surface area contributed by atoms with Crippen LogP contribution in [0.1, 0.15) is 31.0 Å². The van der Waals surface area contributed by atoms with Gasteiger partial charge in [0.05, 0.1) is 11.1 Å². The Balaban J connectivity index is 1.91. The average Bonchev–Trinajstić information content (AvgIpc) is 2.71. The molecule has 0 N–H and O–H groups in total. The fourth-order valence-corrected chi connectivity index (χ4v) is 4.28. The second kappa shape index (κ2) is 7.89. The van der Waals surface area contributed by atoms with Gasteiger partial charge < -0.3 is 4.90 Å². The summed E-state index contributed by atoms with van der Waals surface area (Å²) in [5.74, 6) is 0.226. The van der Waals surface area contributed by atoms with E-state index in [-0.39, 0.29) is 12.5 Å². The number of para-hydroxylation sites is 1. The summed E-state index contributed by atoms with van der Waals surface area (Å²) in [4.78, 5) is 45.9. The first-order valence-corrected chi connectivity index (χ1v) is 10.3. The van der Waals surface area contributed by atoms with Crippen LogP contribution in [-0.4, -0.2) is 38.0 Å². The van der Waals surface area contributed by atoms with E-state index in [4.69, 9.17) is 0 Å². The molecular weight excluding hydrogens is 380 g/mol. The topological polar surface area (TPSA) is 77.2 Å². The van der Waals surface area contributed by atoms with E-state index in [1.807, 2.05) is 38.1 Å². The van der Waals surface area contributed by atoms with Gasteiger partial charge in [0.25, 0.3) is 5.56 Å². The van der Waals surface area contributed by atoms with Crippen molar-refractivity contribution in [3.8, 4) is 5.69 Å². The van der Waals surface area contributed by atoms with Crippen LogP contribution in [0, 0.1) is 19.8 Å². The molecule has 1 aliphatic rings. The van der Waals surface area contributed by atoms with Crippen LogP contribution in [0.3, 0.4) is 0 Å². The lowest BCUT2D eigenvalue weighted by Crippen LogP contribution is -2.47. The van der Waals surface area contributed by atoms with Crippen molar-refractivity contribution in [2.45, 2.75) is 40.2 Å². The fraction of sp³-hybridized carbons (Fsp3) is 0.391. The van der Waals surface area contributed by atoms with E-state index in [0.717, 1.165) is 28.7 Å². The molecule has 156 valence electrons. The van der Waals surface area contributed by atoms with Crippen LogP contribution in [0.5, 0.6) is 0 Å². The number of carbonyl (C=O) groups excluding carboxylic acids is 1. The van der Waals surface area contributed by atoms with Gasteiger partial charge in [-0.25, -0.2) is 18.9 Å². The van der Waals surface area contributed by atoms with Gasteiger partial charge in [-0.3, -0.25) is 9.59 Å². The monoisotopic (exact) mass is 406 g/mol. The predicted molar refractivity (Wildman–Crippen MR) is 116 cm³/mol. The summed E-state index contributed by atoms with van der Waals surface area (Å²) >= 11 is 0. The molecular formula is C23H26N4O3. The average molecular weight is 406 g/mol. The minimum Gasteiger partial charge on any atom is -0.341 e. The first-order valence-electron chi connectivity index (χ1n) is 10.3. The molecule has 0 aliphatic carbocycles. The van der Waals surface area contributed by atoms with Crippen LogP contribution in [0.15, 0.2) is 46.0 Å². The van der Waals surface area contributed by atoms with Gasteiger partial charge in [0.2, 0.25) is 5.91 Å². The van der Waals surface area contributed by atoms with Crippen LogP contribution in [0.2, 0.25) is 0 Å². The Bertz CT molecular complexity index is 1230. The first kappa shape index (κ1) is 20.1. The third kappa shape index (κ3) is 3.56. The van der Waals surface area contributed by atoms with Crippen molar-refractivity contribution in [1.82, 2.24) is 19.0 Å². The minimum atomic E-state index is -0.547. The number of nitrogens with zero attached hydrogens (tertiary/aromatic N) is 4. The van der Waals surface area contributed by atoms with Crippen LogP contribution in [0.4, 0.5) is 0 Å². The van der Waals surface area contributed by atoms with Crippen molar-refractivity contribution in [3.05, 3.63) is 68.5 Å². The van der Waals surface area contributed by atoms with E-state index in [1.54, 1.807) is 17.0 Å². The van der Waals surface area contributed by atoms with Gasteiger partial charge in [-0.05, 0) is 56.4 Å². The summed E-state index contributed by atoms with van der Waals surface area (Å²) in [5, 5.41) is 0.365. The van der Waals surface area contributed by atoms with Crippen LogP contribution >= 0.6 is 0 Å². The van der Waals surface area contributed by atoms with Gasteiger partial charge in [0.15, 0.2) is 5.65 Å². The lowest BCUT2D eigenvalue weighted by Gasteiger charge is -2.31. The number of benzene rings is 1. The summed E-state index contributed by atoms with van der Waals surface area (Å²) in [7, 11) is 0. The molecule has 3 heterocycles. The Hall–Kier alpha value is -3.22. The van der Waals surface area contributed by atoms with Crippen molar-refractivity contribution >= 4 is 16.9 Å². The maximum Gasteiger partial charge on any atom is 0.337 e. The van der Waals surface area contributed by atoms with E-state index in [2.05, 4.69) is 11.9 Å². The van der Waals surface area contributed by atoms with Crippen molar-refractivity contribution in [3.63, 3.8) is 0 Å². The van der Waals surface area contributed by atoms with Crippen LogP contribution in [0.25, 0.3) is 16.7 Å². The number of piperidine rings is 1. The number of hydrogen-bond donors (Lipinski definition) is 0. The zero-order valence-electron chi connectivity index (χ0n) is 17.6. The third-order valence-corrected chi connectivity index (χ3v) is 5.74. The molecule has 30 heavy (non-hydrogen) atoms. The molecule has 4 rings (SSSR count). The number of aromatic nitrogens is 3. The van der Waals surface area contributed by atoms with Crippen molar-refractivity contribution in [1.29, 1.82) is 0 Å². The number of aryl methyl sites for hydroxylation is 2. The summed E-state index contributed by atoms with van der Waals surface area (Å²) in [6, 6.07) is 10.9. The Morgan fingerprint density at radius 2 is 1.90 bits per heavy atom. The van der Waals surface area contributed by atoms with Gasteiger partial charge in [0.1, 0.15) is 6.54 Å². The number of rotatable bonds is 3. The zero-order valence-corrected chi connectivity index (χ0v) is 17.6. The Morgan fingerprint density at radius 3 is 2.60 bits per heavy atom. The number of likely N-dealkylation sites (tertiary alicyclic amines) is 1. The second-order valence-corrected chi connectivity index (χ2v) is 8.21. The van der Waals surface area contributed by atoms with Gasteiger partial charge >= 0.3 is 5.69 Å². The Labute approximate surface area is 174 Å². The molecule has 1 aromatic carbocycles. The molecule has 7 heteroatoms. The molecule has 0 unspecified atom stereocenters. The largest absolute Gasteiger partial charge is 0.341 e. The van der Waals surface area contributed by atoms with Crippen molar-refractivity contribution < 1.29 is 4.79 Å². The normalized spacial score (nSPS) is 16.8. The second-order valence-electron chi connectivity index (χ2n) is 8.21. The van der Waals surface area contributed by atoms with E-state index in [0.29, 0.717) is 35.7 Å². The predicted octanol–water partition coefficient (Wildman–Crippen LogP) is 2.42. The van der Waals surface area contributed by atoms with Gasteiger partial charge in [-0.1, -0.05) is 25.1 Å². The lowest BCUT2D eigenvalue weighted by atomic mass is 10.0. The number of pyridine rings is 1. The fourth-order valence-electron chi connectivity index (χ4n) is 4.28. The molecule has 1 aliphatic heterocycles. The third-order valence-electron chi connectivity index (χ3n) is 5.74. The van der Waals surface area contributed by atoms with Crippen LogP contribution < -0.4 is 11.2 Å². The summed E-state index contributed by atoms with van der Waals surface area (Å²) in [5.41, 5.74) is 1.38. The van der Waals surface area contributed by atoms with Crippen molar-refractivity contribution in [2.24, 2.45) is 5.92 Å². The summed E-state index contributed by atoms with van der Waals surface area (Å²) in [6.45, 7) is 6.84. The molecule has 0 saturated carbocycles. The Kier molecular flexibility index (Phi) is 5.28. The highest BCUT2D eigenvalue weighted by molar-refractivity contribution is 5.81. The maximum absolute atomic E-state index is 13.4. The smallest absolute Gasteiger partial charge is 0.337 e. The molecule has 2 aromatic heterocycles. The molecule has 7 nitrogen and oxygen atoms in total. The van der Waals surface area contributed by atoms with Crippen molar-refractivity contribution in [2.75, 3.05) is 13.1 Å². The molecule has 0 radical (unpaired) electrons. The molecule has 0 spiro atoms. The lowest BCUT2D eigenvalue weighted by molar-refractivity contribution is -0.133. The van der Waals surface area contributed by atoms with Gasteiger partial charge in [-0.2, -0.15) is 0 Å². The van der Waals surface area contributed by atoms with Crippen LogP contribution in [-0.2, 0) is 11.3 Å². The van der Waals surface area contributed by atoms with Gasteiger partial charge in [-0.15, -0.1) is 0 Å². The van der Waals surface area contributed by atoms with E-state index in [1.165, 1.54) is 4.57 Å². The standard InChI is InChI=1S/C23H26N4O3/c1-15-8-7-11-25(13-15)19(28)14-26-22(29)20-16(2)12-17(3)24-21(20)27(23(26)30)18-9-5-4-6-10-18/h4-6,9-10,12,15H,7-8,11,13-14H2,1-3H3/t15-/m1/s1. The number of fused-ring (bicyclic) bond motifs is 1. The molecule has 1 amide bonds. The highest BCUT2D eigenvalue weighted by Gasteiger charge is 2.24. The summed E-state index contributed by atoms with van der Waals surface area (Å²) in [6.07, 6.45) is 2.03. The number of hydrogen-bond acceptors (Lipinski definition) is 4. The molecule has 1 atom stereocenters. The van der Waals surface area contributed by atoms with E-state index in [9.17, 15) is 14.4 Å². The highest BCUT2D eigenvalue weighted by atomic mass is 16.2. The quantitative estimate of drug-likeness (QED) is 0.669. The highest BCUT2D eigenvalue weighted by Crippen LogP contribution is 2.18. The molecule has 0 bridgehead atoms. The summed E-state index contributed by atoms with van der Waals surface area (Å²) < 4.78 is 2.49.